The number of hydrogen-bond donors (Lipinski definition) is 0. The van der Waals surface area contributed by atoms with E-state index in [4.69, 9.17) is 15.7 Å². The highest BCUT2D eigenvalue weighted by molar-refractivity contribution is 7.85. The van der Waals surface area contributed by atoms with Gasteiger partial charge in [0.2, 0.25) is 0 Å². The molecule has 1 aliphatic rings. The molecule has 1 aliphatic heterocycles. The van der Waals surface area contributed by atoms with Crippen molar-refractivity contribution in [2.75, 3.05) is 0 Å². The summed E-state index contributed by atoms with van der Waals surface area (Å²) in [5, 5.41) is 0. The van der Waals surface area contributed by atoms with Gasteiger partial charge in [0.1, 0.15) is 5.75 Å². The van der Waals surface area contributed by atoms with Crippen molar-refractivity contribution in [3.8, 4) is 12.3 Å². The van der Waals surface area contributed by atoms with E-state index in [1.807, 2.05) is 34.6 Å². The molecule has 124 valence electrons. The van der Waals surface area contributed by atoms with Crippen molar-refractivity contribution in [2.24, 2.45) is 0 Å². The summed E-state index contributed by atoms with van der Waals surface area (Å²) in [6.07, 6.45) is 5.48. The number of hydrogen-bond acceptors (Lipinski definition) is 4. The normalized spacial score (nSPS) is 19.6. The van der Waals surface area contributed by atoms with Crippen molar-refractivity contribution in [3.05, 3.63) is 28.8 Å². The van der Waals surface area contributed by atoms with Gasteiger partial charge in [-0.15, -0.1) is 10.3 Å². The van der Waals surface area contributed by atoms with E-state index in [-0.39, 0.29) is 5.56 Å². The molecule has 0 unspecified atom stereocenters. The Morgan fingerprint density at radius 3 is 2.17 bits per heavy atom. The minimum atomic E-state index is -4.65. The number of halogens is 1. The highest BCUT2D eigenvalue weighted by atomic mass is 32.3. The largest absolute Gasteiger partial charge is 0.495 e. The minimum absolute atomic E-state index is 0.274. The molecule has 0 N–H and O–H groups in total. The van der Waals surface area contributed by atoms with Crippen LogP contribution in [0.5, 0.6) is 0 Å². The zero-order chi connectivity index (χ0) is 17.6. The molecule has 1 aromatic rings. The Hall–Kier alpha value is -1.36. The van der Waals surface area contributed by atoms with Gasteiger partial charge in [0.05, 0.1) is 11.2 Å². The summed E-state index contributed by atoms with van der Waals surface area (Å²) in [4.78, 5) is 0. The number of rotatable bonds is 3. The van der Waals surface area contributed by atoms with E-state index in [0.717, 1.165) is 5.56 Å². The van der Waals surface area contributed by atoms with E-state index in [1.165, 1.54) is 6.07 Å². The average molecular weight is 338 g/mol. The van der Waals surface area contributed by atoms with Crippen LogP contribution in [0.1, 0.15) is 44.4 Å². The monoisotopic (exact) mass is 338 g/mol. The Morgan fingerprint density at radius 1 is 1.22 bits per heavy atom. The fraction of sp³-hybridized carbons (Fsp3) is 0.500. The maximum Gasteiger partial charge on any atom is 0.495 e. The van der Waals surface area contributed by atoms with Crippen LogP contribution in [-0.2, 0) is 25.3 Å². The SMILES string of the molecule is C#Cc1cc(CS(=O)(=O)F)cc(B2OC(C)(C)C(C)(C)O2)c1C. The first kappa shape index (κ1) is 18.0. The maximum absolute atomic E-state index is 13.0. The predicted molar refractivity (Wildman–Crippen MR) is 88.6 cm³/mol. The fourth-order valence-electron chi connectivity index (χ4n) is 2.45. The summed E-state index contributed by atoms with van der Waals surface area (Å²) in [5.74, 6) is 1.77. The standard InChI is InChI=1S/C16H20BFO4S/c1-7-13-8-12(10-23(18,19)20)9-14(11(13)2)17-21-15(3,4)16(5,6)22-17/h1,8-9H,10H2,2-6H3. The fourth-order valence-corrected chi connectivity index (χ4v) is 3.01. The summed E-state index contributed by atoms with van der Waals surface area (Å²) in [6, 6.07) is 3.08. The van der Waals surface area contributed by atoms with Crippen LogP contribution in [0.15, 0.2) is 12.1 Å². The molecule has 0 aliphatic carbocycles. The summed E-state index contributed by atoms with van der Waals surface area (Å²) >= 11 is 0. The van der Waals surface area contributed by atoms with Crippen molar-refractivity contribution in [2.45, 2.75) is 51.6 Å². The lowest BCUT2D eigenvalue weighted by molar-refractivity contribution is 0.00578. The lowest BCUT2D eigenvalue weighted by atomic mass is 9.74. The van der Waals surface area contributed by atoms with Crippen molar-refractivity contribution in [1.82, 2.24) is 0 Å². The summed E-state index contributed by atoms with van der Waals surface area (Å²) in [5.41, 5.74) is 1.07. The molecule has 0 bridgehead atoms. The van der Waals surface area contributed by atoms with E-state index < -0.39 is 34.3 Å². The van der Waals surface area contributed by atoms with Crippen LogP contribution in [0.2, 0.25) is 0 Å². The van der Waals surface area contributed by atoms with E-state index >= 15 is 0 Å². The summed E-state index contributed by atoms with van der Waals surface area (Å²) in [6.45, 7) is 9.48. The van der Waals surface area contributed by atoms with E-state index in [1.54, 1.807) is 6.07 Å². The molecule has 1 saturated heterocycles. The Morgan fingerprint density at radius 2 is 1.74 bits per heavy atom. The van der Waals surface area contributed by atoms with Gasteiger partial charge in [0.25, 0.3) is 0 Å². The highest BCUT2D eigenvalue weighted by Gasteiger charge is 2.52. The van der Waals surface area contributed by atoms with Crippen LogP contribution < -0.4 is 5.46 Å². The van der Waals surface area contributed by atoms with E-state index in [0.29, 0.717) is 11.0 Å². The van der Waals surface area contributed by atoms with Gasteiger partial charge in [-0.25, -0.2) is 0 Å². The zero-order valence-electron chi connectivity index (χ0n) is 13.9. The first-order valence-electron chi connectivity index (χ1n) is 7.24. The second kappa shape index (κ2) is 5.62. The van der Waals surface area contributed by atoms with Gasteiger partial charge in [0.15, 0.2) is 0 Å². The molecule has 1 heterocycles. The van der Waals surface area contributed by atoms with Gasteiger partial charge in [-0.2, -0.15) is 8.42 Å². The third-order valence-electron chi connectivity index (χ3n) is 4.51. The van der Waals surface area contributed by atoms with Crippen LogP contribution in [0.4, 0.5) is 3.89 Å². The third-order valence-corrected chi connectivity index (χ3v) is 5.19. The molecular formula is C16H20BFO4S. The Labute approximate surface area is 137 Å². The summed E-state index contributed by atoms with van der Waals surface area (Å²) < 4.78 is 46.9. The Balaban J connectivity index is 2.51. The molecule has 0 spiro atoms. The molecule has 0 aromatic heterocycles. The van der Waals surface area contributed by atoms with Crippen LogP contribution in [-0.4, -0.2) is 26.7 Å². The zero-order valence-corrected chi connectivity index (χ0v) is 14.8. The van der Waals surface area contributed by atoms with Gasteiger partial charge >= 0.3 is 17.3 Å². The third kappa shape index (κ3) is 3.60. The Bertz CT molecular complexity index is 762. The second-order valence-electron chi connectivity index (χ2n) is 6.77. The number of terminal acetylenes is 1. The van der Waals surface area contributed by atoms with Crippen LogP contribution >= 0.6 is 0 Å². The molecule has 1 fully saturated rings. The molecule has 1 aromatic carbocycles. The average Bonchev–Trinajstić information content (AvgIpc) is 2.58. The van der Waals surface area contributed by atoms with E-state index in [9.17, 15) is 12.3 Å². The van der Waals surface area contributed by atoms with Crippen molar-refractivity contribution in [3.63, 3.8) is 0 Å². The highest BCUT2D eigenvalue weighted by Crippen LogP contribution is 2.36. The van der Waals surface area contributed by atoms with Crippen molar-refractivity contribution < 1.29 is 21.6 Å². The molecule has 4 nitrogen and oxygen atoms in total. The molecule has 7 heteroatoms. The van der Waals surface area contributed by atoms with Crippen LogP contribution in [0.25, 0.3) is 0 Å². The predicted octanol–water partition coefficient (Wildman–Crippen LogP) is 2.07. The molecule has 0 radical (unpaired) electrons. The first-order valence-corrected chi connectivity index (χ1v) is 8.79. The molecular weight excluding hydrogens is 318 g/mol. The second-order valence-corrected chi connectivity index (χ2v) is 8.14. The van der Waals surface area contributed by atoms with Crippen molar-refractivity contribution >= 4 is 22.8 Å². The quantitative estimate of drug-likeness (QED) is 0.481. The van der Waals surface area contributed by atoms with Gasteiger partial charge in [0, 0.05) is 5.56 Å². The van der Waals surface area contributed by atoms with Crippen molar-refractivity contribution in [1.29, 1.82) is 0 Å². The minimum Gasteiger partial charge on any atom is -0.399 e. The van der Waals surface area contributed by atoms with Crippen LogP contribution in [0, 0.1) is 19.3 Å². The Kier molecular flexibility index (Phi) is 4.40. The molecule has 23 heavy (non-hydrogen) atoms. The smallest absolute Gasteiger partial charge is 0.399 e. The van der Waals surface area contributed by atoms with Gasteiger partial charge < -0.3 is 9.31 Å². The topological polar surface area (TPSA) is 52.6 Å². The van der Waals surface area contributed by atoms with Crippen LogP contribution in [0.3, 0.4) is 0 Å². The van der Waals surface area contributed by atoms with Gasteiger partial charge in [-0.3, -0.25) is 0 Å². The van der Waals surface area contributed by atoms with Gasteiger partial charge in [-0.1, -0.05) is 12.0 Å². The molecule has 0 saturated carbocycles. The molecule has 0 atom stereocenters. The molecule has 0 amide bonds. The maximum atomic E-state index is 13.0. The lowest BCUT2D eigenvalue weighted by Crippen LogP contribution is -2.41. The van der Waals surface area contributed by atoms with E-state index in [2.05, 4.69) is 5.92 Å². The first-order chi connectivity index (χ1) is 10.4. The molecule has 2 rings (SSSR count). The lowest BCUT2D eigenvalue weighted by Gasteiger charge is -2.32. The summed E-state index contributed by atoms with van der Waals surface area (Å²) in [7, 11) is -5.34. The van der Waals surface area contributed by atoms with Gasteiger partial charge in [-0.05, 0) is 57.3 Å². The number of benzene rings is 1.